The van der Waals surface area contributed by atoms with E-state index in [1.807, 2.05) is 37.3 Å². The molecule has 0 bridgehead atoms. The van der Waals surface area contributed by atoms with Gasteiger partial charge in [-0.3, -0.25) is 0 Å². The largest absolute Gasteiger partial charge is 0.399 e. The van der Waals surface area contributed by atoms with Crippen LogP contribution in [0, 0.1) is 0 Å². The molecule has 1 rings (SSSR count). The van der Waals surface area contributed by atoms with Gasteiger partial charge in [-0.25, -0.2) is 0 Å². The Labute approximate surface area is 82.5 Å². The summed E-state index contributed by atoms with van der Waals surface area (Å²) in [6.45, 7) is 1.98. The van der Waals surface area contributed by atoms with Gasteiger partial charge in [-0.05, 0) is 18.6 Å². The Kier molecular flexibility index (Phi) is 11.6. The zero-order valence-electron chi connectivity index (χ0n) is 8.07. The average Bonchev–Trinajstić information content (AvgIpc) is 2.08. The number of carbonyl (C=O) groups excluding carboxylic acids is 1. The lowest BCUT2D eigenvalue weighted by atomic mass is 10.3. The predicted octanol–water partition coefficient (Wildman–Crippen LogP) is 2.91. The van der Waals surface area contributed by atoms with E-state index in [9.17, 15) is 4.79 Å². The lowest BCUT2D eigenvalue weighted by Gasteiger charge is -1.83. The van der Waals surface area contributed by atoms with Crippen LogP contribution in [-0.4, -0.2) is 6.29 Å². The number of hydrogen-bond donors (Lipinski definition) is 2. The number of nitrogens with two attached hydrogens (primary N) is 1. The topological polar surface area (TPSA) is 78.1 Å². The summed E-state index contributed by atoms with van der Waals surface area (Å²) in [5, 5.41) is 0. The number of unbranched alkanes of at least 4 members (excludes halogenated alkanes) is 1. The maximum absolute atomic E-state index is 9.40. The Bertz CT molecular complexity index is 208. The van der Waals surface area contributed by atoms with E-state index in [1.165, 1.54) is 0 Å². The molecule has 0 unspecified atom stereocenters. The van der Waals surface area contributed by atoms with E-state index in [2.05, 4.69) is 0 Å². The number of nitrogen functional groups attached to an aromatic ring is 1. The number of anilines is 1. The average molecular weight is 186 g/mol. The van der Waals surface area contributed by atoms with Crippen LogP contribution in [-0.2, 0) is 4.79 Å². The van der Waals surface area contributed by atoms with Crippen molar-refractivity contribution in [1.29, 1.82) is 0 Å². The van der Waals surface area contributed by atoms with Gasteiger partial charge in [-0.1, -0.05) is 25.1 Å². The van der Waals surface area contributed by atoms with Crippen LogP contribution < -0.4 is 11.9 Å². The maximum Gasteiger partial charge on any atom is 0.119 e. The molecular weight excluding hydrogens is 164 g/mol. The minimum Gasteiger partial charge on any atom is -0.399 e. The van der Waals surface area contributed by atoms with Gasteiger partial charge in [0.05, 0.1) is 0 Å². The van der Waals surface area contributed by atoms with Gasteiger partial charge in [0.2, 0.25) is 0 Å². The number of rotatable bonds is 2. The summed E-state index contributed by atoms with van der Waals surface area (Å²) in [5.41, 5.74) is 6.18. The number of hydrogen-bond acceptors (Lipinski definition) is 3. The Morgan fingerprint density at radius 3 is 2.08 bits per heavy atom. The lowest BCUT2D eigenvalue weighted by Crippen LogP contribution is -1.79. The standard InChI is InChI=1S/C6H7N.C4H8O.H3N.2H2/c7-6-4-2-1-3-5-6;1-2-3-4-5;;;/h1-5H,7H2;4H,2-3H2,1H3;1H3;2*1H. The van der Waals surface area contributed by atoms with Crippen LogP contribution in [0.2, 0.25) is 0 Å². The molecule has 78 valence electrons. The molecule has 3 heteroatoms. The molecule has 1 aromatic rings. The molecule has 13 heavy (non-hydrogen) atoms. The molecule has 0 saturated heterocycles. The van der Waals surface area contributed by atoms with Crippen LogP contribution in [0.1, 0.15) is 22.6 Å². The Balaban J connectivity index is -0.0000000701. The Morgan fingerprint density at radius 2 is 1.92 bits per heavy atom. The summed E-state index contributed by atoms with van der Waals surface area (Å²) in [6, 6.07) is 9.49. The minimum absolute atomic E-state index is 0. The second kappa shape index (κ2) is 10.7. The van der Waals surface area contributed by atoms with Crippen molar-refractivity contribution >= 4 is 12.0 Å². The second-order valence-corrected chi connectivity index (χ2v) is 2.37. The van der Waals surface area contributed by atoms with Crippen molar-refractivity contribution in [1.82, 2.24) is 6.15 Å². The lowest BCUT2D eigenvalue weighted by molar-refractivity contribution is -0.107. The first-order chi connectivity index (χ1) is 5.81. The number of carbonyl (C=O) groups is 1. The van der Waals surface area contributed by atoms with E-state index in [1.54, 1.807) is 0 Å². The molecule has 5 N–H and O–H groups in total. The summed E-state index contributed by atoms with van der Waals surface area (Å²) in [5.74, 6) is 0. The van der Waals surface area contributed by atoms with E-state index < -0.39 is 0 Å². The third-order valence-corrected chi connectivity index (χ3v) is 1.21. The molecule has 0 radical (unpaired) electrons. The van der Waals surface area contributed by atoms with Crippen molar-refractivity contribution in [2.45, 2.75) is 19.8 Å². The highest BCUT2D eigenvalue weighted by atomic mass is 16.1. The normalized spacial score (nSPS) is 7.46. The zero-order chi connectivity index (χ0) is 9.23. The van der Waals surface area contributed by atoms with Crippen LogP contribution in [0.5, 0.6) is 0 Å². The molecule has 0 amide bonds. The Hall–Kier alpha value is -1.35. The van der Waals surface area contributed by atoms with E-state index in [0.29, 0.717) is 6.42 Å². The van der Waals surface area contributed by atoms with Crippen molar-refractivity contribution in [3.05, 3.63) is 30.3 Å². The first-order valence-electron chi connectivity index (χ1n) is 4.05. The summed E-state index contributed by atoms with van der Waals surface area (Å²) in [6.07, 6.45) is 2.61. The van der Waals surface area contributed by atoms with Gasteiger partial charge >= 0.3 is 0 Å². The van der Waals surface area contributed by atoms with Crippen molar-refractivity contribution in [3.8, 4) is 0 Å². The maximum atomic E-state index is 9.40. The summed E-state index contributed by atoms with van der Waals surface area (Å²) in [7, 11) is 0. The highest BCUT2D eigenvalue weighted by molar-refractivity contribution is 5.48. The Morgan fingerprint density at radius 1 is 1.38 bits per heavy atom. The molecule has 0 aliphatic rings. The fourth-order valence-corrected chi connectivity index (χ4v) is 0.571. The second-order valence-electron chi connectivity index (χ2n) is 2.37. The van der Waals surface area contributed by atoms with Crippen molar-refractivity contribution in [2.75, 3.05) is 5.73 Å². The third-order valence-electron chi connectivity index (χ3n) is 1.21. The van der Waals surface area contributed by atoms with Gasteiger partial charge in [-0.15, -0.1) is 0 Å². The number of para-hydroxylation sites is 1. The molecule has 3 nitrogen and oxygen atoms in total. The number of benzene rings is 1. The van der Waals surface area contributed by atoms with E-state index in [-0.39, 0.29) is 9.00 Å². The first kappa shape index (κ1) is 14.2. The fraction of sp³-hybridized carbons (Fsp3) is 0.300. The van der Waals surface area contributed by atoms with Gasteiger partial charge in [0.15, 0.2) is 0 Å². The number of aldehydes is 1. The van der Waals surface area contributed by atoms with Crippen molar-refractivity contribution < 1.29 is 7.65 Å². The van der Waals surface area contributed by atoms with Crippen LogP contribution in [0.4, 0.5) is 5.69 Å². The molecule has 0 heterocycles. The van der Waals surface area contributed by atoms with Crippen LogP contribution in [0.3, 0.4) is 0 Å². The first-order valence-corrected chi connectivity index (χ1v) is 4.05. The molecule has 0 saturated carbocycles. The molecule has 0 aliphatic carbocycles. The smallest absolute Gasteiger partial charge is 0.119 e. The van der Waals surface area contributed by atoms with E-state index >= 15 is 0 Å². The predicted molar refractivity (Wildman–Crippen MR) is 61.1 cm³/mol. The van der Waals surface area contributed by atoms with E-state index in [4.69, 9.17) is 5.73 Å². The molecule has 1 aromatic carbocycles. The van der Waals surface area contributed by atoms with E-state index in [0.717, 1.165) is 18.4 Å². The SMILES string of the molecule is CCCC=O.N.Nc1ccccc1.[HH].[HH]. The zero-order valence-corrected chi connectivity index (χ0v) is 8.07. The monoisotopic (exact) mass is 186 g/mol. The molecule has 0 aromatic heterocycles. The van der Waals surface area contributed by atoms with Crippen molar-refractivity contribution in [2.24, 2.45) is 0 Å². The third kappa shape index (κ3) is 10.7. The van der Waals surface area contributed by atoms with Crippen LogP contribution in [0.15, 0.2) is 30.3 Å². The molecular formula is C10H22N2O. The van der Waals surface area contributed by atoms with Crippen LogP contribution in [0.25, 0.3) is 0 Å². The summed E-state index contributed by atoms with van der Waals surface area (Å²) in [4.78, 5) is 9.40. The highest BCUT2D eigenvalue weighted by Crippen LogP contribution is 1.95. The van der Waals surface area contributed by atoms with Gasteiger partial charge < -0.3 is 16.7 Å². The summed E-state index contributed by atoms with van der Waals surface area (Å²) < 4.78 is 0. The van der Waals surface area contributed by atoms with Gasteiger partial charge in [0.25, 0.3) is 0 Å². The molecule has 0 spiro atoms. The highest BCUT2D eigenvalue weighted by Gasteiger charge is 1.72. The molecule has 0 atom stereocenters. The van der Waals surface area contributed by atoms with Gasteiger partial charge in [0, 0.05) is 15.0 Å². The molecule has 0 aliphatic heterocycles. The summed E-state index contributed by atoms with van der Waals surface area (Å²) >= 11 is 0. The molecule has 0 fully saturated rings. The van der Waals surface area contributed by atoms with Gasteiger partial charge in [0.1, 0.15) is 6.29 Å². The minimum atomic E-state index is 0. The fourth-order valence-electron chi connectivity index (χ4n) is 0.571. The van der Waals surface area contributed by atoms with Crippen molar-refractivity contribution in [3.63, 3.8) is 0 Å². The van der Waals surface area contributed by atoms with Crippen LogP contribution >= 0.6 is 0 Å². The quantitative estimate of drug-likeness (QED) is 0.550. The van der Waals surface area contributed by atoms with Gasteiger partial charge in [-0.2, -0.15) is 0 Å².